The molecule has 0 rings (SSSR count). The highest BCUT2D eigenvalue weighted by molar-refractivity contribution is 5.75. The van der Waals surface area contributed by atoms with Crippen molar-refractivity contribution in [2.45, 2.75) is 39.8 Å². The number of esters is 1. The molecule has 1 unspecified atom stereocenters. The molecule has 0 aliphatic rings. The van der Waals surface area contributed by atoms with Crippen LogP contribution in [0.25, 0.3) is 0 Å². The summed E-state index contributed by atoms with van der Waals surface area (Å²) in [6.07, 6.45) is 0. The summed E-state index contributed by atoms with van der Waals surface area (Å²) in [6.45, 7) is 8.02. The minimum Gasteiger partial charge on any atom is -0.468 e. The Labute approximate surface area is 74.5 Å². The topological polar surface area (TPSA) is 38.3 Å². The molecule has 0 bridgehead atoms. The molecule has 0 saturated carbocycles. The summed E-state index contributed by atoms with van der Waals surface area (Å²) in [4.78, 5) is 11.2. The lowest BCUT2D eigenvalue weighted by molar-refractivity contribution is -0.144. The van der Waals surface area contributed by atoms with Crippen LogP contribution in [-0.4, -0.2) is 25.2 Å². The summed E-state index contributed by atoms with van der Waals surface area (Å²) in [6, 6.07) is 0.117. The Morgan fingerprint density at radius 2 is 1.75 bits per heavy atom. The molecular formula is C9H19NO2. The molecule has 1 atom stereocenters. The number of methoxy groups -OCH3 is 1. The standard InChI is InChI=1S/C9H19NO2/c1-6(2)8(9(11)12-5)10-7(3)4/h6-8,10H,1-5H3. The zero-order valence-electron chi connectivity index (χ0n) is 8.55. The van der Waals surface area contributed by atoms with Crippen LogP contribution >= 0.6 is 0 Å². The minimum absolute atomic E-state index is 0.182. The number of hydrogen-bond donors (Lipinski definition) is 1. The van der Waals surface area contributed by atoms with Gasteiger partial charge in [0.15, 0.2) is 0 Å². The fourth-order valence-electron chi connectivity index (χ4n) is 1.02. The molecule has 0 heterocycles. The lowest BCUT2D eigenvalue weighted by Gasteiger charge is -2.21. The average Bonchev–Trinajstić information content (AvgIpc) is 1.98. The molecular weight excluding hydrogens is 154 g/mol. The van der Waals surface area contributed by atoms with Crippen LogP contribution < -0.4 is 5.32 Å². The number of carbonyl (C=O) groups is 1. The summed E-state index contributed by atoms with van der Waals surface area (Å²) in [5.74, 6) is 0.0820. The van der Waals surface area contributed by atoms with Gasteiger partial charge in [0.1, 0.15) is 6.04 Å². The van der Waals surface area contributed by atoms with E-state index >= 15 is 0 Å². The van der Waals surface area contributed by atoms with Crippen molar-refractivity contribution in [3.63, 3.8) is 0 Å². The highest BCUT2D eigenvalue weighted by atomic mass is 16.5. The monoisotopic (exact) mass is 173 g/mol. The largest absolute Gasteiger partial charge is 0.468 e. The first-order valence-corrected chi connectivity index (χ1v) is 4.33. The van der Waals surface area contributed by atoms with Gasteiger partial charge in [-0.1, -0.05) is 27.7 Å². The quantitative estimate of drug-likeness (QED) is 0.649. The SMILES string of the molecule is COC(=O)C(NC(C)C)C(C)C. The average molecular weight is 173 g/mol. The molecule has 12 heavy (non-hydrogen) atoms. The smallest absolute Gasteiger partial charge is 0.323 e. The van der Waals surface area contributed by atoms with Crippen LogP contribution in [-0.2, 0) is 9.53 Å². The Kier molecular flexibility index (Phi) is 4.90. The summed E-state index contributed by atoms with van der Waals surface area (Å²) in [5.41, 5.74) is 0. The van der Waals surface area contributed by atoms with Crippen LogP contribution in [0, 0.1) is 5.92 Å². The number of carbonyl (C=O) groups excluding carboxylic acids is 1. The second-order valence-corrected chi connectivity index (χ2v) is 3.57. The molecule has 0 aromatic rings. The van der Waals surface area contributed by atoms with Crippen molar-refractivity contribution < 1.29 is 9.53 Å². The predicted octanol–water partition coefficient (Wildman–Crippen LogP) is 1.18. The molecule has 0 aromatic carbocycles. The summed E-state index contributed by atoms with van der Waals surface area (Å²) in [5, 5.41) is 3.16. The van der Waals surface area contributed by atoms with E-state index in [4.69, 9.17) is 0 Å². The Balaban J connectivity index is 4.13. The maximum atomic E-state index is 11.2. The number of nitrogens with one attached hydrogen (secondary N) is 1. The number of ether oxygens (including phenoxy) is 1. The van der Waals surface area contributed by atoms with Crippen LogP contribution in [0.1, 0.15) is 27.7 Å². The van der Waals surface area contributed by atoms with E-state index in [2.05, 4.69) is 10.1 Å². The Hall–Kier alpha value is -0.570. The first-order chi connectivity index (χ1) is 5.49. The van der Waals surface area contributed by atoms with Gasteiger partial charge in [0.05, 0.1) is 7.11 Å². The Bertz CT molecular complexity index is 143. The predicted molar refractivity (Wildman–Crippen MR) is 48.9 cm³/mol. The van der Waals surface area contributed by atoms with Crippen molar-refractivity contribution in [2.75, 3.05) is 7.11 Å². The van der Waals surface area contributed by atoms with Gasteiger partial charge in [0.2, 0.25) is 0 Å². The molecule has 0 aromatic heterocycles. The Morgan fingerprint density at radius 3 is 2.00 bits per heavy atom. The van der Waals surface area contributed by atoms with Gasteiger partial charge in [-0.3, -0.25) is 4.79 Å². The van der Waals surface area contributed by atoms with Crippen LogP contribution in [0.15, 0.2) is 0 Å². The second kappa shape index (κ2) is 5.14. The van der Waals surface area contributed by atoms with Crippen molar-refractivity contribution in [1.82, 2.24) is 5.32 Å². The van der Waals surface area contributed by atoms with E-state index in [1.54, 1.807) is 0 Å². The van der Waals surface area contributed by atoms with E-state index < -0.39 is 0 Å². The highest BCUT2D eigenvalue weighted by Crippen LogP contribution is 2.04. The molecule has 72 valence electrons. The van der Waals surface area contributed by atoms with E-state index in [-0.39, 0.29) is 17.9 Å². The third-order valence-electron chi connectivity index (χ3n) is 1.63. The van der Waals surface area contributed by atoms with Gasteiger partial charge < -0.3 is 10.1 Å². The van der Waals surface area contributed by atoms with Gasteiger partial charge in [-0.05, 0) is 5.92 Å². The minimum atomic E-state index is -0.185. The normalized spacial score (nSPS) is 13.6. The fourth-order valence-corrected chi connectivity index (χ4v) is 1.02. The number of hydrogen-bond acceptors (Lipinski definition) is 3. The molecule has 3 nitrogen and oxygen atoms in total. The summed E-state index contributed by atoms with van der Waals surface area (Å²) in [7, 11) is 1.42. The lowest BCUT2D eigenvalue weighted by atomic mass is 10.0. The molecule has 0 fully saturated rings. The lowest BCUT2D eigenvalue weighted by Crippen LogP contribution is -2.45. The molecule has 0 radical (unpaired) electrons. The second-order valence-electron chi connectivity index (χ2n) is 3.57. The third-order valence-corrected chi connectivity index (χ3v) is 1.63. The zero-order valence-corrected chi connectivity index (χ0v) is 8.55. The van der Waals surface area contributed by atoms with Gasteiger partial charge in [-0.2, -0.15) is 0 Å². The first kappa shape index (κ1) is 11.4. The third kappa shape index (κ3) is 3.72. The van der Waals surface area contributed by atoms with Crippen molar-refractivity contribution in [3.05, 3.63) is 0 Å². The summed E-state index contributed by atoms with van der Waals surface area (Å²) < 4.78 is 4.67. The molecule has 0 saturated heterocycles. The van der Waals surface area contributed by atoms with Gasteiger partial charge in [-0.25, -0.2) is 0 Å². The molecule has 1 N–H and O–H groups in total. The van der Waals surface area contributed by atoms with E-state index in [1.807, 2.05) is 27.7 Å². The van der Waals surface area contributed by atoms with Crippen LogP contribution in [0.5, 0.6) is 0 Å². The first-order valence-electron chi connectivity index (χ1n) is 4.33. The maximum absolute atomic E-state index is 11.2. The zero-order chi connectivity index (χ0) is 9.72. The van der Waals surface area contributed by atoms with Crippen molar-refractivity contribution >= 4 is 5.97 Å². The maximum Gasteiger partial charge on any atom is 0.323 e. The van der Waals surface area contributed by atoms with Gasteiger partial charge >= 0.3 is 5.97 Å². The van der Waals surface area contributed by atoms with Crippen LogP contribution in [0.4, 0.5) is 0 Å². The van der Waals surface area contributed by atoms with Crippen molar-refractivity contribution in [1.29, 1.82) is 0 Å². The van der Waals surface area contributed by atoms with Crippen molar-refractivity contribution in [3.8, 4) is 0 Å². The van der Waals surface area contributed by atoms with Crippen molar-refractivity contribution in [2.24, 2.45) is 5.92 Å². The fraction of sp³-hybridized carbons (Fsp3) is 0.889. The van der Waals surface area contributed by atoms with Gasteiger partial charge in [-0.15, -0.1) is 0 Å². The van der Waals surface area contributed by atoms with E-state index in [9.17, 15) is 4.79 Å². The number of rotatable bonds is 4. The molecule has 0 aliphatic heterocycles. The molecule has 0 spiro atoms. The van der Waals surface area contributed by atoms with Crippen LogP contribution in [0.2, 0.25) is 0 Å². The van der Waals surface area contributed by atoms with Gasteiger partial charge in [0.25, 0.3) is 0 Å². The molecule has 0 aliphatic carbocycles. The van der Waals surface area contributed by atoms with Gasteiger partial charge in [0, 0.05) is 6.04 Å². The van der Waals surface area contributed by atoms with Crippen LogP contribution in [0.3, 0.4) is 0 Å². The summed E-state index contributed by atoms with van der Waals surface area (Å²) >= 11 is 0. The van der Waals surface area contributed by atoms with E-state index in [0.29, 0.717) is 6.04 Å². The Morgan fingerprint density at radius 1 is 1.25 bits per heavy atom. The van der Waals surface area contributed by atoms with E-state index in [1.165, 1.54) is 7.11 Å². The molecule has 0 amide bonds. The molecule has 3 heteroatoms. The van der Waals surface area contributed by atoms with E-state index in [0.717, 1.165) is 0 Å². The highest BCUT2D eigenvalue weighted by Gasteiger charge is 2.22.